The maximum atomic E-state index is 12.3. The largest absolute Gasteiger partial charge is 0.350 e. The molecule has 3 heterocycles. The quantitative estimate of drug-likeness (QED) is 0.846. The Kier molecular flexibility index (Phi) is 4.29. The predicted molar refractivity (Wildman–Crippen MR) is 102 cm³/mol. The van der Waals surface area contributed by atoms with E-state index in [0.717, 1.165) is 36.6 Å². The predicted octanol–water partition coefficient (Wildman–Crippen LogP) is 2.88. The zero-order valence-corrected chi connectivity index (χ0v) is 15.9. The summed E-state index contributed by atoms with van der Waals surface area (Å²) in [5, 5.41) is 13.5. The van der Waals surface area contributed by atoms with Crippen molar-refractivity contribution in [3.8, 4) is 0 Å². The molecule has 1 saturated heterocycles. The average Bonchev–Trinajstić information content (AvgIpc) is 3.35. The highest BCUT2D eigenvalue weighted by atomic mass is 16.1. The van der Waals surface area contributed by atoms with E-state index in [1.54, 1.807) is 10.7 Å². The van der Waals surface area contributed by atoms with Crippen LogP contribution in [0.2, 0.25) is 0 Å². The van der Waals surface area contributed by atoms with Gasteiger partial charge in [-0.1, -0.05) is 20.8 Å². The minimum atomic E-state index is -0.0745. The number of rotatable bonds is 4. The molecule has 0 aromatic carbocycles. The van der Waals surface area contributed by atoms with E-state index in [0.29, 0.717) is 12.5 Å². The molecule has 2 fully saturated rings. The van der Waals surface area contributed by atoms with Gasteiger partial charge in [0.2, 0.25) is 0 Å². The van der Waals surface area contributed by atoms with Gasteiger partial charge in [0, 0.05) is 23.9 Å². The molecule has 0 spiro atoms. The van der Waals surface area contributed by atoms with E-state index in [2.05, 4.69) is 53.1 Å². The fourth-order valence-corrected chi connectivity index (χ4v) is 3.59. The van der Waals surface area contributed by atoms with Crippen LogP contribution in [0.25, 0.3) is 0 Å². The van der Waals surface area contributed by atoms with Crippen LogP contribution in [0.15, 0.2) is 29.1 Å². The maximum absolute atomic E-state index is 12.3. The second kappa shape index (κ2) is 6.49. The van der Waals surface area contributed by atoms with Crippen molar-refractivity contribution in [1.29, 1.82) is 0 Å². The summed E-state index contributed by atoms with van der Waals surface area (Å²) >= 11 is 0. The van der Waals surface area contributed by atoms with E-state index in [-0.39, 0.29) is 17.0 Å². The van der Waals surface area contributed by atoms with Gasteiger partial charge in [-0.25, -0.2) is 4.68 Å². The van der Waals surface area contributed by atoms with Crippen molar-refractivity contribution < 1.29 is 0 Å². The molecule has 4 rings (SSSR count). The molecule has 138 valence electrons. The first-order chi connectivity index (χ1) is 12.4. The lowest BCUT2D eigenvalue weighted by Crippen LogP contribution is -2.38. The van der Waals surface area contributed by atoms with Crippen molar-refractivity contribution in [3.63, 3.8) is 0 Å². The van der Waals surface area contributed by atoms with Crippen molar-refractivity contribution >= 4 is 5.82 Å². The Bertz CT molecular complexity index is 833. The van der Waals surface area contributed by atoms with Crippen molar-refractivity contribution in [2.75, 3.05) is 11.4 Å². The summed E-state index contributed by atoms with van der Waals surface area (Å²) in [6.45, 7) is 7.89. The highest BCUT2D eigenvalue weighted by molar-refractivity contribution is 5.40. The van der Waals surface area contributed by atoms with E-state index in [1.807, 2.05) is 6.07 Å². The number of nitrogens with zero attached hydrogens (tertiary/aromatic N) is 5. The molecular weight excluding hydrogens is 326 g/mol. The van der Waals surface area contributed by atoms with Crippen LogP contribution in [0.5, 0.6) is 0 Å². The molecule has 2 aliphatic rings. The zero-order chi connectivity index (χ0) is 18.3. The van der Waals surface area contributed by atoms with Crippen molar-refractivity contribution in [1.82, 2.24) is 20.0 Å². The van der Waals surface area contributed by atoms with Crippen molar-refractivity contribution in [2.24, 2.45) is 0 Å². The molecule has 26 heavy (non-hydrogen) atoms. The lowest BCUT2D eigenvalue weighted by Gasteiger charge is -2.26. The van der Waals surface area contributed by atoms with Gasteiger partial charge in [0.05, 0.1) is 24.0 Å². The monoisotopic (exact) mass is 353 g/mol. The Morgan fingerprint density at radius 1 is 1.08 bits per heavy atom. The third-order valence-corrected chi connectivity index (χ3v) is 5.36. The standard InChI is InChI=1S/C20H27N5O/c1-20(2,3)17-9-11-19(26)25(23-17)13-15-5-4-12-24(15)18-10-8-16(21-22-18)14-6-7-14/h8-11,14-15H,4-7,12-13H2,1-3H3. The van der Waals surface area contributed by atoms with Crippen LogP contribution in [0, 0.1) is 0 Å². The summed E-state index contributed by atoms with van der Waals surface area (Å²) in [5.74, 6) is 1.53. The Balaban J connectivity index is 1.54. The summed E-state index contributed by atoms with van der Waals surface area (Å²) in [6.07, 6.45) is 4.61. The van der Waals surface area contributed by atoms with E-state index < -0.39 is 0 Å². The molecule has 1 aliphatic heterocycles. The number of hydrogen-bond acceptors (Lipinski definition) is 5. The number of aromatic nitrogens is 4. The number of hydrogen-bond donors (Lipinski definition) is 0. The first kappa shape index (κ1) is 17.2. The van der Waals surface area contributed by atoms with Gasteiger partial charge >= 0.3 is 0 Å². The smallest absolute Gasteiger partial charge is 0.266 e. The molecule has 1 aliphatic carbocycles. The Hall–Kier alpha value is -2.24. The van der Waals surface area contributed by atoms with E-state index in [9.17, 15) is 4.79 Å². The summed E-state index contributed by atoms with van der Waals surface area (Å²) in [7, 11) is 0. The molecule has 6 nitrogen and oxygen atoms in total. The summed E-state index contributed by atoms with van der Waals surface area (Å²) in [5.41, 5.74) is 1.94. The average molecular weight is 353 g/mol. The van der Waals surface area contributed by atoms with Gasteiger partial charge in [0.25, 0.3) is 5.56 Å². The summed E-state index contributed by atoms with van der Waals surface area (Å²) in [6, 6.07) is 7.90. The Morgan fingerprint density at radius 2 is 1.88 bits per heavy atom. The third kappa shape index (κ3) is 3.50. The molecule has 0 radical (unpaired) electrons. The minimum Gasteiger partial charge on any atom is -0.350 e. The van der Waals surface area contributed by atoms with Crippen LogP contribution in [-0.2, 0) is 12.0 Å². The van der Waals surface area contributed by atoms with E-state index in [1.165, 1.54) is 12.8 Å². The fourth-order valence-electron chi connectivity index (χ4n) is 3.59. The molecule has 6 heteroatoms. The molecule has 1 atom stereocenters. The second-order valence-electron chi connectivity index (χ2n) is 8.57. The molecule has 0 bridgehead atoms. The Morgan fingerprint density at radius 3 is 2.54 bits per heavy atom. The van der Waals surface area contributed by atoms with Crippen LogP contribution < -0.4 is 10.5 Å². The molecule has 0 N–H and O–H groups in total. The lowest BCUT2D eigenvalue weighted by molar-refractivity contribution is 0.456. The van der Waals surface area contributed by atoms with Gasteiger partial charge < -0.3 is 4.90 Å². The lowest BCUT2D eigenvalue weighted by atomic mass is 9.92. The van der Waals surface area contributed by atoms with Gasteiger partial charge in [0.15, 0.2) is 5.82 Å². The first-order valence-corrected chi connectivity index (χ1v) is 9.61. The highest BCUT2D eigenvalue weighted by Crippen LogP contribution is 2.39. The molecular formula is C20H27N5O. The van der Waals surface area contributed by atoms with Gasteiger partial charge in [-0.15, -0.1) is 5.10 Å². The van der Waals surface area contributed by atoms with Crippen molar-refractivity contribution in [2.45, 2.75) is 70.4 Å². The van der Waals surface area contributed by atoms with E-state index in [4.69, 9.17) is 0 Å². The van der Waals surface area contributed by atoms with Crippen LogP contribution in [0.1, 0.15) is 63.8 Å². The van der Waals surface area contributed by atoms with Gasteiger partial charge in [-0.2, -0.15) is 10.2 Å². The van der Waals surface area contributed by atoms with Gasteiger partial charge in [-0.05, 0) is 43.9 Å². The maximum Gasteiger partial charge on any atom is 0.266 e. The minimum absolute atomic E-state index is 0.0417. The first-order valence-electron chi connectivity index (χ1n) is 9.61. The molecule has 0 amide bonds. The topological polar surface area (TPSA) is 63.9 Å². The molecule has 1 saturated carbocycles. The number of anilines is 1. The zero-order valence-electron chi connectivity index (χ0n) is 15.9. The molecule has 2 aromatic heterocycles. The highest BCUT2D eigenvalue weighted by Gasteiger charge is 2.29. The SMILES string of the molecule is CC(C)(C)c1ccc(=O)n(CC2CCCN2c2ccc(C3CC3)nn2)n1. The van der Waals surface area contributed by atoms with Crippen LogP contribution in [0.3, 0.4) is 0 Å². The molecule has 1 unspecified atom stereocenters. The third-order valence-electron chi connectivity index (χ3n) is 5.36. The summed E-state index contributed by atoms with van der Waals surface area (Å²) < 4.78 is 1.62. The second-order valence-corrected chi connectivity index (χ2v) is 8.57. The van der Waals surface area contributed by atoms with E-state index >= 15 is 0 Å². The summed E-state index contributed by atoms with van der Waals surface area (Å²) in [4.78, 5) is 14.6. The normalized spacial score (nSPS) is 20.6. The fraction of sp³-hybridized carbons (Fsp3) is 0.600. The van der Waals surface area contributed by atoms with Crippen LogP contribution in [-0.4, -0.2) is 32.6 Å². The Labute approximate surface area is 154 Å². The molecule has 2 aromatic rings. The van der Waals surface area contributed by atoms with Gasteiger partial charge in [-0.3, -0.25) is 4.79 Å². The van der Waals surface area contributed by atoms with Crippen LogP contribution >= 0.6 is 0 Å². The van der Waals surface area contributed by atoms with Crippen LogP contribution in [0.4, 0.5) is 5.82 Å². The van der Waals surface area contributed by atoms with Crippen molar-refractivity contribution in [3.05, 3.63) is 46.0 Å². The van der Waals surface area contributed by atoms with Gasteiger partial charge in [0.1, 0.15) is 0 Å².